The van der Waals surface area contributed by atoms with Crippen molar-refractivity contribution >= 4 is 16.9 Å². The zero-order valence-electron chi connectivity index (χ0n) is 33.4. The molecule has 5 nitrogen and oxygen atoms in total. The third kappa shape index (κ3) is 10.7. The van der Waals surface area contributed by atoms with E-state index in [1.165, 1.54) is 29.5 Å². The molecule has 59 heavy (non-hydrogen) atoms. The molecule has 0 spiro atoms. The maximum atomic E-state index is 15.1. The van der Waals surface area contributed by atoms with Crippen LogP contribution in [0.5, 0.6) is 5.75 Å². The number of carbonyl (C=O) groups excluding carboxylic acids is 1. The number of carbonyl (C=O) groups is 1. The molecule has 5 atom stereocenters. The van der Waals surface area contributed by atoms with E-state index in [-0.39, 0.29) is 53.8 Å². The van der Waals surface area contributed by atoms with Crippen LogP contribution in [0.1, 0.15) is 106 Å². The molecular weight excluding hydrogens is 824 g/mol. The van der Waals surface area contributed by atoms with Crippen LogP contribution in [0.15, 0.2) is 30.3 Å². The van der Waals surface area contributed by atoms with Gasteiger partial charge in [-0.25, -0.2) is 8.78 Å². The van der Waals surface area contributed by atoms with Crippen molar-refractivity contribution in [3.8, 4) is 5.75 Å². The maximum absolute atomic E-state index is 15.1. The minimum atomic E-state index is -6.77. The van der Waals surface area contributed by atoms with E-state index in [0.29, 0.717) is 30.2 Å². The minimum Gasteiger partial charge on any atom is -0.489 e. The Labute approximate surface area is 342 Å². The number of aryl methyl sites for hydroxylation is 1. The topological polar surface area (TPSA) is 48.0 Å². The fourth-order valence-corrected chi connectivity index (χ4v) is 10.2. The molecule has 0 saturated heterocycles. The monoisotopic (exact) mass is 875 g/mol. The highest BCUT2D eigenvalue weighted by atomic mass is 32.2. The van der Waals surface area contributed by atoms with Crippen LogP contribution in [-0.4, -0.2) is 72.8 Å². The van der Waals surface area contributed by atoms with Gasteiger partial charge in [-0.2, -0.15) is 39.5 Å². The highest BCUT2D eigenvalue weighted by Crippen LogP contribution is 2.62. The summed E-state index contributed by atoms with van der Waals surface area (Å²) in [7, 11) is 1.82. The molecule has 0 bridgehead atoms. The van der Waals surface area contributed by atoms with E-state index in [4.69, 9.17) is 9.47 Å². The van der Waals surface area contributed by atoms with Crippen molar-refractivity contribution in [2.24, 2.45) is 17.3 Å². The third-order valence-electron chi connectivity index (χ3n) is 12.5. The van der Waals surface area contributed by atoms with Gasteiger partial charge in [0.25, 0.3) is 0 Å². The molecule has 2 aromatic carbocycles. The van der Waals surface area contributed by atoms with Gasteiger partial charge in [0.2, 0.25) is 0 Å². The number of fused-ring (bicyclic) bond motifs is 5. The Morgan fingerprint density at radius 2 is 1.51 bits per heavy atom. The molecular formula is C42H52F11NO4S. The first-order valence-corrected chi connectivity index (χ1v) is 21.1. The third-order valence-corrected chi connectivity index (χ3v) is 13.4. The van der Waals surface area contributed by atoms with Crippen LogP contribution < -0.4 is 4.74 Å². The number of unbranched alkanes of at least 4 members (excludes halogenated alkanes) is 3. The van der Waals surface area contributed by atoms with E-state index < -0.39 is 48.8 Å². The average molecular weight is 876 g/mol. The molecule has 3 aliphatic rings. The van der Waals surface area contributed by atoms with Crippen LogP contribution in [0.3, 0.4) is 0 Å². The summed E-state index contributed by atoms with van der Waals surface area (Å²) in [5, 5.41) is 0.111. The number of halogens is 11. The SMILES string of the molecule is CC(=O)SCCCCCCN(C)Cc1c(F)cc(COc2ccc3c(c2)CCC2C3CC[C@@]3(C)C2CC[C@@H]3OCCCOC(C(F)(F)F)(C(F)(F)F)C(F)(F)F)cc1F. The predicted molar refractivity (Wildman–Crippen MR) is 201 cm³/mol. The van der Waals surface area contributed by atoms with E-state index in [0.717, 1.165) is 69.1 Å². The number of nitrogens with zero attached hydrogens (tertiary/aromatic N) is 1. The Hall–Kier alpha value is -2.63. The van der Waals surface area contributed by atoms with Crippen LogP contribution in [0, 0.1) is 28.9 Å². The van der Waals surface area contributed by atoms with E-state index in [1.54, 1.807) is 6.92 Å². The van der Waals surface area contributed by atoms with Crippen molar-refractivity contribution in [1.82, 2.24) is 4.90 Å². The lowest BCUT2D eigenvalue weighted by Gasteiger charge is -2.50. The molecule has 0 heterocycles. The standard InChI is InChI=1S/C42H52F11NO4S/c1-26(55)59-20-7-5-4-6-17-54(3)24-33-35(43)21-27(22-36(33)44)25-57-29-10-12-30-28(23-29)9-11-32-31(30)15-16-38(2)34(32)13-14-37(38)56-18-8-19-58-39(40(45,46)47,41(48,49)50)42(51,52)53/h10,12,21-23,31-32,34,37H,4-9,11,13-20,24-25H2,1-3H3/t31?,32?,34?,37-,38-/m0/s1. The fraction of sp³-hybridized carbons (Fsp3) is 0.690. The van der Waals surface area contributed by atoms with Gasteiger partial charge < -0.3 is 19.1 Å². The largest absolute Gasteiger partial charge is 0.489 e. The molecule has 5 rings (SSSR count). The minimum absolute atomic E-state index is 0.000480. The summed E-state index contributed by atoms with van der Waals surface area (Å²) in [5.74, 6) is 0.861. The number of hydrogen-bond donors (Lipinski definition) is 0. The number of alkyl halides is 9. The van der Waals surface area contributed by atoms with Gasteiger partial charge in [0.1, 0.15) is 24.0 Å². The highest BCUT2D eigenvalue weighted by Gasteiger charge is 2.85. The smallest absolute Gasteiger partial charge is 0.435 e. The van der Waals surface area contributed by atoms with Gasteiger partial charge in [-0.15, -0.1) is 0 Å². The number of rotatable bonds is 18. The highest BCUT2D eigenvalue weighted by molar-refractivity contribution is 8.13. The first kappa shape index (κ1) is 47.4. The van der Waals surface area contributed by atoms with E-state index in [1.807, 2.05) is 30.1 Å². The molecule has 0 N–H and O–H groups in total. The van der Waals surface area contributed by atoms with Gasteiger partial charge >= 0.3 is 24.1 Å². The molecule has 332 valence electrons. The zero-order chi connectivity index (χ0) is 43.4. The lowest BCUT2D eigenvalue weighted by Crippen LogP contribution is -2.67. The molecule has 2 fully saturated rings. The van der Waals surface area contributed by atoms with Crippen molar-refractivity contribution in [2.75, 3.05) is 32.6 Å². The van der Waals surface area contributed by atoms with E-state index in [2.05, 4.69) is 11.7 Å². The second kappa shape index (κ2) is 19.2. The summed E-state index contributed by atoms with van der Waals surface area (Å²) in [6.07, 6.45) is -12.9. The summed E-state index contributed by atoms with van der Waals surface area (Å²) in [6, 6.07) is 8.44. The Bertz CT molecular complexity index is 1680. The number of thioether (sulfide) groups is 1. The molecule has 0 radical (unpaired) electrons. The van der Waals surface area contributed by atoms with Gasteiger partial charge in [0, 0.05) is 31.4 Å². The number of ether oxygens (including phenoxy) is 3. The van der Waals surface area contributed by atoms with Crippen LogP contribution in [-0.2, 0) is 33.8 Å². The zero-order valence-corrected chi connectivity index (χ0v) is 34.2. The summed E-state index contributed by atoms with van der Waals surface area (Å²) < 4.78 is 165. The summed E-state index contributed by atoms with van der Waals surface area (Å²) in [4.78, 5) is 12.9. The Balaban J connectivity index is 1.10. The molecule has 3 unspecified atom stereocenters. The second-order valence-electron chi connectivity index (χ2n) is 16.5. The van der Waals surface area contributed by atoms with Crippen molar-refractivity contribution in [1.29, 1.82) is 0 Å². The summed E-state index contributed by atoms with van der Waals surface area (Å²) >= 11 is 1.32. The first-order valence-electron chi connectivity index (χ1n) is 20.1. The summed E-state index contributed by atoms with van der Waals surface area (Å²) in [5.41, 5.74) is -3.94. The van der Waals surface area contributed by atoms with Crippen LogP contribution in [0.4, 0.5) is 48.3 Å². The molecule has 0 aromatic heterocycles. The van der Waals surface area contributed by atoms with Gasteiger partial charge in [-0.1, -0.05) is 37.6 Å². The number of benzene rings is 2. The van der Waals surface area contributed by atoms with Crippen molar-refractivity contribution in [2.45, 2.75) is 134 Å². The van der Waals surface area contributed by atoms with E-state index in [9.17, 15) is 44.3 Å². The van der Waals surface area contributed by atoms with Gasteiger partial charge in [-0.05, 0) is 136 Å². The van der Waals surface area contributed by atoms with Crippen LogP contribution >= 0.6 is 11.8 Å². The first-order chi connectivity index (χ1) is 27.6. The maximum Gasteiger partial charge on any atom is 0.435 e. The van der Waals surface area contributed by atoms with E-state index >= 15 is 8.78 Å². The molecule has 2 aromatic rings. The summed E-state index contributed by atoms with van der Waals surface area (Å²) in [6.45, 7) is 2.59. The van der Waals surface area contributed by atoms with Crippen molar-refractivity contribution in [3.05, 3.63) is 64.2 Å². The normalized spacial score (nSPS) is 23.6. The predicted octanol–water partition coefficient (Wildman–Crippen LogP) is 11.9. The van der Waals surface area contributed by atoms with Gasteiger partial charge in [0.15, 0.2) is 5.12 Å². The second-order valence-corrected chi connectivity index (χ2v) is 17.7. The molecule has 2 saturated carbocycles. The Morgan fingerprint density at radius 1 is 0.847 bits per heavy atom. The Kier molecular flexibility index (Phi) is 15.4. The van der Waals surface area contributed by atoms with Crippen molar-refractivity contribution < 1.29 is 67.3 Å². The lowest BCUT2D eigenvalue weighted by molar-refractivity contribution is -0.457. The fourth-order valence-electron chi connectivity index (χ4n) is 9.57. The number of hydrogen-bond acceptors (Lipinski definition) is 6. The van der Waals surface area contributed by atoms with Gasteiger partial charge in [0.05, 0.1) is 12.7 Å². The van der Waals surface area contributed by atoms with Crippen LogP contribution in [0.2, 0.25) is 0 Å². The molecule has 0 aliphatic heterocycles. The molecule has 0 amide bonds. The average Bonchev–Trinajstić information content (AvgIpc) is 3.47. The van der Waals surface area contributed by atoms with Gasteiger partial charge in [-0.3, -0.25) is 4.79 Å². The molecule has 17 heteroatoms. The lowest BCUT2D eigenvalue weighted by atomic mass is 9.55. The Morgan fingerprint density at radius 3 is 2.15 bits per heavy atom. The quantitative estimate of drug-likeness (QED) is 0.110. The van der Waals surface area contributed by atoms with Crippen LogP contribution in [0.25, 0.3) is 0 Å². The van der Waals surface area contributed by atoms with Crippen molar-refractivity contribution in [3.63, 3.8) is 0 Å². The molecule has 3 aliphatic carbocycles.